The maximum Gasteiger partial charge on any atom is 0.246 e. The van der Waals surface area contributed by atoms with Crippen molar-refractivity contribution in [2.45, 2.75) is 71.4 Å². The molecule has 3 aromatic rings. The predicted molar refractivity (Wildman–Crippen MR) is 178 cm³/mol. The van der Waals surface area contributed by atoms with Gasteiger partial charge in [0.2, 0.25) is 10.0 Å². The normalized spacial score (nSPS) is 20.7. The van der Waals surface area contributed by atoms with Crippen LogP contribution in [0.4, 0.5) is 0 Å². The summed E-state index contributed by atoms with van der Waals surface area (Å²) < 4.78 is 71.9. The summed E-state index contributed by atoms with van der Waals surface area (Å²) >= 11 is 0. The number of rotatable bonds is 13. The highest BCUT2D eigenvalue weighted by Gasteiger charge is 2.45. The molecule has 0 radical (unpaired) electrons. The van der Waals surface area contributed by atoms with E-state index >= 15 is 0 Å². The van der Waals surface area contributed by atoms with Gasteiger partial charge in [0.25, 0.3) is 0 Å². The first-order valence-electron chi connectivity index (χ1n) is 16.0. The van der Waals surface area contributed by atoms with E-state index in [2.05, 4.69) is 5.32 Å². The fraction of sp³-hybridized carbons (Fsp3) is 0.471. The van der Waals surface area contributed by atoms with E-state index < -0.39 is 31.6 Å². The fourth-order valence-electron chi connectivity index (χ4n) is 6.44. The molecule has 0 bridgehead atoms. The van der Waals surface area contributed by atoms with Crippen LogP contribution >= 0.6 is 0 Å². The highest BCUT2D eigenvalue weighted by atomic mass is 32.2. The molecule has 2 heterocycles. The molecule has 0 aromatic heterocycles. The number of methoxy groups -OCH3 is 1. The number of aliphatic hydroxyl groups is 1. The number of aliphatic hydroxyl groups excluding tert-OH is 1. The summed E-state index contributed by atoms with van der Waals surface area (Å²) in [6.45, 7) is 1.80. The van der Waals surface area contributed by atoms with Crippen molar-refractivity contribution in [2.24, 2.45) is 5.73 Å². The Kier molecular flexibility index (Phi) is 9.96. The number of nitrogens with one attached hydrogen (secondary N) is 1. The molecule has 1 spiro atoms. The number of hydrogen-bond acceptors (Lipinski definition) is 10. The summed E-state index contributed by atoms with van der Waals surface area (Å²) in [6.07, 6.45) is 2.38. The molecule has 2 saturated heterocycles. The molecule has 1 aliphatic carbocycles. The average Bonchev–Trinajstić information content (AvgIpc) is 3.89. The zero-order valence-corrected chi connectivity index (χ0v) is 28.1. The van der Waals surface area contributed by atoms with Crippen LogP contribution < -0.4 is 20.5 Å². The number of benzene rings is 3. The molecule has 2 atom stereocenters. The molecule has 2 aliphatic heterocycles. The van der Waals surface area contributed by atoms with Crippen LogP contribution in [0.2, 0.25) is 0 Å². The molecule has 254 valence electrons. The third-order valence-electron chi connectivity index (χ3n) is 9.33. The first-order valence-corrected chi connectivity index (χ1v) is 19.0. The number of para-hydroxylation sites is 1. The monoisotopic (exact) mass is 685 g/mol. The molecule has 1 saturated carbocycles. The van der Waals surface area contributed by atoms with Crippen molar-refractivity contribution in [3.05, 3.63) is 72.3 Å². The number of nitrogens with two attached hydrogens (primary N) is 1. The summed E-state index contributed by atoms with van der Waals surface area (Å²) in [4.78, 5) is 0.384. The second kappa shape index (κ2) is 13.8. The summed E-state index contributed by atoms with van der Waals surface area (Å²) in [5, 5.41) is 13.6. The molecule has 47 heavy (non-hydrogen) atoms. The number of hydrogen-bond donors (Lipinski definition) is 3. The summed E-state index contributed by atoms with van der Waals surface area (Å²) in [7, 11) is -5.67. The quantitative estimate of drug-likeness (QED) is 0.244. The molecule has 3 fully saturated rings. The van der Waals surface area contributed by atoms with Crippen LogP contribution in [0.15, 0.2) is 76.5 Å². The first-order chi connectivity index (χ1) is 22.5. The van der Waals surface area contributed by atoms with E-state index in [9.17, 15) is 21.9 Å². The Hall–Kier alpha value is -3.04. The number of sulfone groups is 1. The minimum absolute atomic E-state index is 0.00209. The largest absolute Gasteiger partial charge is 0.495 e. The van der Waals surface area contributed by atoms with E-state index in [-0.39, 0.29) is 34.2 Å². The van der Waals surface area contributed by atoms with Gasteiger partial charge in [-0.15, -0.1) is 0 Å². The Bertz CT molecular complexity index is 1770. The van der Waals surface area contributed by atoms with Gasteiger partial charge in [-0.3, -0.25) is 0 Å². The molecule has 3 aliphatic rings. The Balaban J connectivity index is 1.01. The number of piperidine rings is 1. The van der Waals surface area contributed by atoms with Gasteiger partial charge in [0, 0.05) is 37.8 Å². The van der Waals surface area contributed by atoms with E-state index in [4.69, 9.17) is 19.9 Å². The minimum Gasteiger partial charge on any atom is -0.495 e. The van der Waals surface area contributed by atoms with Gasteiger partial charge in [-0.05, 0) is 67.5 Å². The van der Waals surface area contributed by atoms with Gasteiger partial charge in [0.1, 0.15) is 29.1 Å². The second-order valence-electron chi connectivity index (χ2n) is 12.6. The average molecular weight is 686 g/mol. The minimum atomic E-state index is -3.83. The molecule has 3 aromatic carbocycles. The molecular formula is C34H43N3O8S2. The van der Waals surface area contributed by atoms with Crippen LogP contribution in [-0.2, 0) is 31.1 Å². The topological polar surface area (TPSA) is 157 Å². The zero-order chi connectivity index (χ0) is 33.2. The Morgan fingerprint density at radius 2 is 1.77 bits per heavy atom. The van der Waals surface area contributed by atoms with Crippen LogP contribution in [-0.4, -0.2) is 89.2 Å². The van der Waals surface area contributed by atoms with E-state index in [1.807, 2.05) is 30.3 Å². The number of nitrogens with zero attached hydrogens (tertiary/aromatic N) is 1. The van der Waals surface area contributed by atoms with Crippen molar-refractivity contribution in [2.75, 3.05) is 40.0 Å². The summed E-state index contributed by atoms with van der Waals surface area (Å²) in [6, 6.07) is 19.3. The summed E-state index contributed by atoms with van der Waals surface area (Å²) in [5.74, 6) is 0.717. The van der Waals surface area contributed by atoms with Gasteiger partial charge in [-0.2, -0.15) is 4.31 Å². The van der Waals surface area contributed by atoms with Gasteiger partial charge in [-0.1, -0.05) is 42.5 Å². The molecule has 6 rings (SSSR count). The number of ether oxygens (including phenoxy) is 3. The van der Waals surface area contributed by atoms with Crippen molar-refractivity contribution >= 4 is 19.9 Å². The van der Waals surface area contributed by atoms with Crippen LogP contribution in [0, 0.1) is 0 Å². The smallest absolute Gasteiger partial charge is 0.246 e. The van der Waals surface area contributed by atoms with E-state index in [0.29, 0.717) is 75.4 Å². The SMILES string of the molecule is COc1c(-c2ccc(CN)cc2)cccc1S(=O)(=O)N1CCC2(CC1)C[C@H](NCC(O)COc1cccc(S(=O)(=O)C3CC3)c1)CO2. The van der Waals surface area contributed by atoms with Crippen LogP contribution in [0.1, 0.15) is 37.7 Å². The molecule has 1 unspecified atom stereocenters. The lowest BCUT2D eigenvalue weighted by Gasteiger charge is -2.38. The Morgan fingerprint density at radius 3 is 2.45 bits per heavy atom. The lowest BCUT2D eigenvalue weighted by atomic mass is 9.88. The van der Waals surface area contributed by atoms with Crippen molar-refractivity contribution in [1.29, 1.82) is 0 Å². The van der Waals surface area contributed by atoms with Crippen LogP contribution in [0.3, 0.4) is 0 Å². The van der Waals surface area contributed by atoms with E-state index in [1.54, 1.807) is 30.3 Å². The lowest BCUT2D eigenvalue weighted by Crippen LogP contribution is -2.47. The van der Waals surface area contributed by atoms with Gasteiger partial charge in [0.05, 0.1) is 29.5 Å². The third-order valence-corrected chi connectivity index (χ3v) is 13.5. The lowest BCUT2D eigenvalue weighted by molar-refractivity contribution is -0.0312. The fourth-order valence-corrected chi connectivity index (χ4v) is 9.75. The van der Waals surface area contributed by atoms with Crippen LogP contribution in [0.25, 0.3) is 11.1 Å². The second-order valence-corrected chi connectivity index (χ2v) is 16.8. The standard InChI is InChI=1S/C34H43N3O8S2/c1-43-33-31(25-10-8-24(20-35)9-11-25)6-3-7-32(33)47(41,42)37-16-14-34(15-17-37)19-26(22-45-34)36-21-27(38)23-44-28-4-2-5-30(18-28)46(39,40)29-12-13-29/h2-11,18,26-27,29,36,38H,12-17,19-23,35H2,1H3/t26-,27?/m0/s1. The third kappa shape index (κ3) is 7.36. The molecule has 11 nitrogen and oxygen atoms in total. The maximum absolute atomic E-state index is 13.9. The zero-order valence-electron chi connectivity index (χ0n) is 26.5. The van der Waals surface area contributed by atoms with Crippen molar-refractivity contribution in [1.82, 2.24) is 9.62 Å². The van der Waals surface area contributed by atoms with Crippen molar-refractivity contribution in [3.63, 3.8) is 0 Å². The van der Waals surface area contributed by atoms with E-state index in [1.165, 1.54) is 17.5 Å². The van der Waals surface area contributed by atoms with Gasteiger partial charge < -0.3 is 30.4 Å². The van der Waals surface area contributed by atoms with Crippen LogP contribution in [0.5, 0.6) is 11.5 Å². The van der Waals surface area contributed by atoms with Gasteiger partial charge in [0.15, 0.2) is 9.84 Å². The molecule has 13 heteroatoms. The molecule has 0 amide bonds. The Labute approximate surface area is 277 Å². The first kappa shape index (κ1) is 33.8. The highest BCUT2D eigenvalue weighted by molar-refractivity contribution is 7.92. The van der Waals surface area contributed by atoms with Crippen molar-refractivity contribution in [3.8, 4) is 22.6 Å². The highest BCUT2D eigenvalue weighted by Crippen LogP contribution is 2.41. The Morgan fingerprint density at radius 1 is 1.04 bits per heavy atom. The van der Waals surface area contributed by atoms with Gasteiger partial charge >= 0.3 is 0 Å². The number of sulfonamides is 1. The van der Waals surface area contributed by atoms with E-state index in [0.717, 1.165) is 11.1 Å². The molecular weight excluding hydrogens is 643 g/mol. The van der Waals surface area contributed by atoms with Crippen molar-refractivity contribution < 1.29 is 36.2 Å². The molecule has 4 N–H and O–H groups in total. The predicted octanol–water partition coefficient (Wildman–Crippen LogP) is 3.10. The maximum atomic E-state index is 13.9. The summed E-state index contributed by atoms with van der Waals surface area (Å²) in [5.41, 5.74) is 7.82. The van der Waals surface area contributed by atoms with Gasteiger partial charge in [-0.25, -0.2) is 16.8 Å².